The number of nitrogens with zero attached hydrogens (tertiary/aromatic N) is 1. The van der Waals surface area contributed by atoms with Crippen LogP contribution in [0.25, 0.3) is 0 Å². The van der Waals surface area contributed by atoms with Crippen molar-refractivity contribution in [1.29, 1.82) is 0 Å². The second-order valence-corrected chi connectivity index (χ2v) is 7.60. The average Bonchev–Trinajstić information content (AvgIpc) is 2.69. The van der Waals surface area contributed by atoms with E-state index in [9.17, 15) is 9.90 Å². The van der Waals surface area contributed by atoms with Crippen molar-refractivity contribution in [2.24, 2.45) is 0 Å². The summed E-state index contributed by atoms with van der Waals surface area (Å²) in [5.41, 5.74) is 2.47. The Kier molecular flexibility index (Phi) is 6.24. The van der Waals surface area contributed by atoms with Crippen LogP contribution < -0.4 is 10.1 Å². The molecule has 2 N–H and O–H groups in total. The Balaban J connectivity index is 1.85. The molecule has 1 saturated heterocycles. The van der Waals surface area contributed by atoms with Crippen LogP contribution in [0.1, 0.15) is 38.3 Å². The van der Waals surface area contributed by atoms with Gasteiger partial charge in [-0.2, -0.15) is 0 Å². The van der Waals surface area contributed by atoms with Gasteiger partial charge in [0.25, 0.3) is 0 Å². The zero-order valence-electron chi connectivity index (χ0n) is 15.3. The summed E-state index contributed by atoms with van der Waals surface area (Å²) in [6.45, 7) is 11.5. The summed E-state index contributed by atoms with van der Waals surface area (Å²) >= 11 is 0. The lowest BCUT2D eigenvalue weighted by Gasteiger charge is -2.23. The molecule has 0 aromatic heterocycles. The zero-order chi connectivity index (χ0) is 17.7. The van der Waals surface area contributed by atoms with Crippen LogP contribution in [0.2, 0.25) is 0 Å². The van der Waals surface area contributed by atoms with Crippen molar-refractivity contribution in [3.63, 3.8) is 0 Å². The molecular weight excluding hydrogens is 304 g/mol. The number of ether oxygens (including phenoxy) is 1. The standard InChI is InChI=1S/C19H30N2O3/c1-14-11-15(19(2,3)4)5-6-17(14)24-13-16(22)12-21-9-7-18(23)20-8-10-21/h5-6,11,16,22H,7-10,12-13H2,1-4H3,(H,20,23). The molecule has 2 rings (SSSR count). The quantitative estimate of drug-likeness (QED) is 0.863. The van der Waals surface area contributed by atoms with Crippen LogP contribution in [0.3, 0.4) is 0 Å². The van der Waals surface area contributed by atoms with Crippen molar-refractivity contribution in [2.45, 2.75) is 45.6 Å². The molecular formula is C19H30N2O3. The number of aryl methyl sites for hydroxylation is 1. The first-order valence-corrected chi connectivity index (χ1v) is 8.67. The van der Waals surface area contributed by atoms with Crippen LogP contribution in [0, 0.1) is 6.92 Å². The van der Waals surface area contributed by atoms with Crippen molar-refractivity contribution in [1.82, 2.24) is 10.2 Å². The van der Waals surface area contributed by atoms with Crippen LogP contribution in [-0.4, -0.2) is 54.8 Å². The van der Waals surface area contributed by atoms with Crippen LogP contribution in [0.15, 0.2) is 18.2 Å². The molecule has 1 fully saturated rings. The summed E-state index contributed by atoms with van der Waals surface area (Å²) in [7, 11) is 0. The minimum Gasteiger partial charge on any atom is -0.491 e. The molecule has 1 unspecified atom stereocenters. The topological polar surface area (TPSA) is 61.8 Å². The third-order valence-electron chi connectivity index (χ3n) is 4.35. The number of aliphatic hydroxyl groups is 1. The van der Waals surface area contributed by atoms with E-state index in [1.54, 1.807) is 0 Å². The highest BCUT2D eigenvalue weighted by molar-refractivity contribution is 5.76. The van der Waals surface area contributed by atoms with Gasteiger partial charge in [-0.1, -0.05) is 32.9 Å². The molecule has 1 aliphatic heterocycles. The van der Waals surface area contributed by atoms with Crippen LogP contribution >= 0.6 is 0 Å². The van der Waals surface area contributed by atoms with Gasteiger partial charge < -0.3 is 15.2 Å². The zero-order valence-corrected chi connectivity index (χ0v) is 15.3. The van der Waals surface area contributed by atoms with Gasteiger partial charge in [0.2, 0.25) is 5.91 Å². The van der Waals surface area contributed by atoms with Gasteiger partial charge in [-0.05, 0) is 29.5 Å². The van der Waals surface area contributed by atoms with Gasteiger partial charge in [0, 0.05) is 32.6 Å². The van der Waals surface area contributed by atoms with Crippen molar-refractivity contribution in [2.75, 3.05) is 32.8 Å². The molecule has 5 heteroatoms. The van der Waals surface area contributed by atoms with E-state index in [-0.39, 0.29) is 17.9 Å². The molecule has 1 aliphatic rings. The van der Waals surface area contributed by atoms with E-state index in [4.69, 9.17) is 4.74 Å². The number of rotatable bonds is 5. The number of benzene rings is 1. The van der Waals surface area contributed by atoms with Crippen LogP contribution in [-0.2, 0) is 10.2 Å². The average molecular weight is 334 g/mol. The fraction of sp³-hybridized carbons (Fsp3) is 0.632. The summed E-state index contributed by atoms with van der Waals surface area (Å²) in [5.74, 6) is 0.896. The second-order valence-electron chi connectivity index (χ2n) is 7.60. The minimum absolute atomic E-state index is 0.0813. The van der Waals surface area contributed by atoms with E-state index in [0.717, 1.165) is 17.9 Å². The molecule has 134 valence electrons. The minimum atomic E-state index is -0.570. The van der Waals surface area contributed by atoms with E-state index >= 15 is 0 Å². The summed E-state index contributed by atoms with van der Waals surface area (Å²) in [5, 5.41) is 13.1. The lowest BCUT2D eigenvalue weighted by Crippen LogP contribution is -2.37. The van der Waals surface area contributed by atoms with Gasteiger partial charge in [-0.25, -0.2) is 0 Å². The normalized spacial score (nSPS) is 18.0. The number of carbonyl (C=O) groups is 1. The third-order valence-corrected chi connectivity index (χ3v) is 4.35. The number of amides is 1. The van der Waals surface area contributed by atoms with Crippen molar-refractivity contribution in [3.8, 4) is 5.75 Å². The van der Waals surface area contributed by atoms with Gasteiger partial charge >= 0.3 is 0 Å². The molecule has 0 spiro atoms. The number of β-amino-alcohol motifs (C(OH)–C–C–N with tert-alkyl or cyclic N) is 1. The maximum absolute atomic E-state index is 11.3. The molecule has 24 heavy (non-hydrogen) atoms. The molecule has 1 heterocycles. The molecule has 0 radical (unpaired) electrons. The summed E-state index contributed by atoms with van der Waals surface area (Å²) < 4.78 is 5.80. The van der Waals surface area contributed by atoms with Gasteiger partial charge in [-0.15, -0.1) is 0 Å². The maximum atomic E-state index is 11.3. The maximum Gasteiger partial charge on any atom is 0.221 e. The molecule has 0 aliphatic carbocycles. The van der Waals surface area contributed by atoms with Crippen LogP contribution in [0.4, 0.5) is 0 Å². The smallest absolute Gasteiger partial charge is 0.221 e. The number of aliphatic hydroxyl groups excluding tert-OH is 1. The largest absolute Gasteiger partial charge is 0.491 e. The summed E-state index contributed by atoms with van der Waals surface area (Å²) in [6.07, 6.45) is -0.0825. The Morgan fingerprint density at radius 2 is 2.08 bits per heavy atom. The Hall–Kier alpha value is -1.59. The first-order valence-electron chi connectivity index (χ1n) is 8.67. The van der Waals surface area contributed by atoms with E-state index in [0.29, 0.717) is 26.1 Å². The molecule has 0 saturated carbocycles. The Labute approximate surface area is 145 Å². The van der Waals surface area contributed by atoms with Gasteiger partial charge in [-0.3, -0.25) is 9.69 Å². The first kappa shape index (κ1) is 18.7. The SMILES string of the molecule is Cc1cc(C(C)(C)C)ccc1OCC(O)CN1CCNC(=O)CC1. The first-order chi connectivity index (χ1) is 11.3. The van der Waals surface area contributed by atoms with E-state index in [2.05, 4.69) is 43.1 Å². The van der Waals surface area contributed by atoms with E-state index in [1.807, 2.05) is 13.0 Å². The predicted octanol–water partition coefficient (Wildman–Crippen LogP) is 1.85. The highest BCUT2D eigenvalue weighted by Crippen LogP contribution is 2.27. The lowest BCUT2D eigenvalue weighted by molar-refractivity contribution is -0.120. The van der Waals surface area contributed by atoms with Crippen molar-refractivity contribution >= 4 is 5.91 Å². The Bertz CT molecular complexity index is 566. The van der Waals surface area contributed by atoms with Gasteiger partial charge in [0.05, 0.1) is 0 Å². The number of hydrogen-bond acceptors (Lipinski definition) is 4. The summed E-state index contributed by atoms with van der Waals surface area (Å²) in [4.78, 5) is 13.4. The monoisotopic (exact) mass is 334 g/mol. The fourth-order valence-electron chi connectivity index (χ4n) is 2.81. The van der Waals surface area contributed by atoms with Crippen LogP contribution in [0.5, 0.6) is 5.75 Å². The molecule has 1 atom stereocenters. The summed E-state index contributed by atoms with van der Waals surface area (Å²) in [6, 6.07) is 6.21. The number of carbonyl (C=O) groups excluding carboxylic acids is 1. The number of hydrogen-bond donors (Lipinski definition) is 2. The fourth-order valence-corrected chi connectivity index (χ4v) is 2.81. The van der Waals surface area contributed by atoms with E-state index in [1.165, 1.54) is 5.56 Å². The third kappa shape index (κ3) is 5.49. The van der Waals surface area contributed by atoms with E-state index < -0.39 is 6.10 Å². The lowest BCUT2D eigenvalue weighted by atomic mass is 9.86. The van der Waals surface area contributed by atoms with Crippen molar-refractivity contribution < 1.29 is 14.6 Å². The second kappa shape index (κ2) is 7.99. The molecule has 1 amide bonds. The molecule has 1 aromatic rings. The molecule has 0 bridgehead atoms. The molecule has 5 nitrogen and oxygen atoms in total. The molecule has 1 aromatic carbocycles. The van der Waals surface area contributed by atoms with Crippen molar-refractivity contribution in [3.05, 3.63) is 29.3 Å². The highest BCUT2D eigenvalue weighted by atomic mass is 16.5. The van der Waals surface area contributed by atoms with Gasteiger partial charge in [0.15, 0.2) is 0 Å². The number of nitrogens with one attached hydrogen (secondary N) is 1. The highest BCUT2D eigenvalue weighted by Gasteiger charge is 2.18. The Morgan fingerprint density at radius 3 is 2.75 bits per heavy atom. The van der Waals surface area contributed by atoms with Gasteiger partial charge in [0.1, 0.15) is 18.5 Å². The Morgan fingerprint density at radius 1 is 1.33 bits per heavy atom. The predicted molar refractivity (Wildman–Crippen MR) is 95.4 cm³/mol.